The molecule has 0 bridgehead atoms. The van der Waals surface area contributed by atoms with Crippen molar-refractivity contribution in [3.63, 3.8) is 0 Å². The molecule has 1 heterocycles. The molecule has 0 spiro atoms. The average Bonchev–Trinajstić information content (AvgIpc) is 2.99. The van der Waals surface area contributed by atoms with Crippen molar-refractivity contribution in [3.8, 4) is 0 Å². The Morgan fingerprint density at radius 2 is 2.00 bits per heavy atom. The first-order valence-electron chi connectivity index (χ1n) is 5.95. The van der Waals surface area contributed by atoms with Gasteiger partial charge in [-0.05, 0) is 38.3 Å². The predicted octanol–water partition coefficient (Wildman–Crippen LogP) is 2.14. The Bertz CT molecular complexity index is 214. The lowest BCUT2D eigenvalue weighted by Gasteiger charge is -2.32. The Morgan fingerprint density at radius 3 is 2.57 bits per heavy atom. The lowest BCUT2D eigenvalue weighted by Crippen LogP contribution is -2.40. The topological polar surface area (TPSA) is 29.1 Å². The van der Waals surface area contributed by atoms with Crippen LogP contribution >= 0.6 is 0 Å². The van der Waals surface area contributed by atoms with Gasteiger partial charge in [-0.1, -0.05) is 19.8 Å². The third-order valence-electron chi connectivity index (χ3n) is 3.86. The maximum absolute atomic E-state index is 12.0. The lowest BCUT2D eigenvalue weighted by molar-refractivity contribution is -0.129. The van der Waals surface area contributed by atoms with Crippen LogP contribution in [0.1, 0.15) is 45.4 Å². The van der Waals surface area contributed by atoms with E-state index in [1.54, 1.807) is 0 Å². The van der Waals surface area contributed by atoms with Gasteiger partial charge in [0.2, 0.25) is 0 Å². The summed E-state index contributed by atoms with van der Waals surface area (Å²) in [6.45, 7) is 4.19. The first kappa shape index (κ1) is 10.2. The first-order valence-corrected chi connectivity index (χ1v) is 5.95. The van der Waals surface area contributed by atoms with Crippen molar-refractivity contribution in [2.45, 2.75) is 45.4 Å². The molecule has 0 amide bonds. The van der Waals surface area contributed by atoms with Gasteiger partial charge in [-0.15, -0.1) is 0 Å². The molecule has 2 heteroatoms. The molecule has 1 aliphatic heterocycles. The van der Waals surface area contributed by atoms with Gasteiger partial charge in [0.15, 0.2) is 0 Å². The molecule has 0 aromatic carbocycles. The summed E-state index contributed by atoms with van der Waals surface area (Å²) in [6, 6.07) is 0. The zero-order valence-corrected chi connectivity index (χ0v) is 9.14. The van der Waals surface area contributed by atoms with Crippen LogP contribution in [-0.2, 0) is 4.79 Å². The Labute approximate surface area is 86.5 Å². The van der Waals surface area contributed by atoms with Crippen molar-refractivity contribution in [1.82, 2.24) is 5.32 Å². The highest BCUT2D eigenvalue weighted by atomic mass is 16.1. The van der Waals surface area contributed by atoms with Crippen molar-refractivity contribution < 1.29 is 4.79 Å². The molecule has 2 rings (SSSR count). The van der Waals surface area contributed by atoms with E-state index in [0.717, 1.165) is 44.7 Å². The second-order valence-corrected chi connectivity index (χ2v) is 5.22. The molecule has 0 aromatic rings. The van der Waals surface area contributed by atoms with E-state index < -0.39 is 0 Å². The number of ketones is 1. The van der Waals surface area contributed by atoms with Crippen LogP contribution in [0.5, 0.6) is 0 Å². The van der Waals surface area contributed by atoms with Crippen molar-refractivity contribution >= 4 is 5.78 Å². The molecule has 0 unspecified atom stereocenters. The van der Waals surface area contributed by atoms with Gasteiger partial charge >= 0.3 is 0 Å². The van der Waals surface area contributed by atoms with E-state index in [0.29, 0.717) is 5.78 Å². The summed E-state index contributed by atoms with van der Waals surface area (Å²) in [5.74, 6) is 1.41. The third-order valence-corrected chi connectivity index (χ3v) is 3.86. The standard InChI is InChI=1S/C12H21NO/c1-12(6-8-13-9-7-12)11(14)5-4-10-2-3-10/h10,13H,2-9H2,1H3. The zero-order chi connectivity index (χ0) is 10.0. The SMILES string of the molecule is CC1(C(=O)CCC2CC2)CCNCC1. The van der Waals surface area contributed by atoms with E-state index in [1.165, 1.54) is 12.8 Å². The van der Waals surface area contributed by atoms with Gasteiger partial charge in [0.25, 0.3) is 0 Å². The maximum Gasteiger partial charge on any atom is 0.138 e. The monoisotopic (exact) mass is 195 g/mol. The highest BCUT2D eigenvalue weighted by Gasteiger charge is 2.34. The molecular formula is C12H21NO. The zero-order valence-electron chi connectivity index (χ0n) is 9.14. The summed E-state index contributed by atoms with van der Waals surface area (Å²) < 4.78 is 0. The fraction of sp³-hybridized carbons (Fsp3) is 0.917. The van der Waals surface area contributed by atoms with Crippen LogP contribution in [0, 0.1) is 11.3 Å². The Kier molecular flexibility index (Phi) is 2.91. The van der Waals surface area contributed by atoms with E-state index in [1.807, 2.05) is 0 Å². The van der Waals surface area contributed by atoms with Crippen LogP contribution in [0.3, 0.4) is 0 Å². The van der Waals surface area contributed by atoms with Gasteiger partial charge in [0.1, 0.15) is 5.78 Å². The van der Waals surface area contributed by atoms with E-state index in [2.05, 4.69) is 12.2 Å². The number of hydrogen-bond donors (Lipinski definition) is 1. The lowest BCUT2D eigenvalue weighted by atomic mass is 9.76. The maximum atomic E-state index is 12.0. The summed E-state index contributed by atoms with van der Waals surface area (Å²) in [4.78, 5) is 12.0. The first-order chi connectivity index (χ1) is 6.71. The molecule has 0 aromatic heterocycles. The van der Waals surface area contributed by atoms with Crippen molar-refractivity contribution in [1.29, 1.82) is 0 Å². The Balaban J connectivity index is 1.80. The quantitative estimate of drug-likeness (QED) is 0.744. The number of carbonyl (C=O) groups excluding carboxylic acids is 1. The highest BCUT2D eigenvalue weighted by Crippen LogP contribution is 2.36. The minimum absolute atomic E-state index is 0.000139. The average molecular weight is 195 g/mol. The normalized spacial score (nSPS) is 26.1. The molecular weight excluding hydrogens is 174 g/mol. The van der Waals surface area contributed by atoms with Gasteiger partial charge in [-0.2, -0.15) is 0 Å². The summed E-state index contributed by atoms with van der Waals surface area (Å²) in [7, 11) is 0. The van der Waals surface area contributed by atoms with Crippen LogP contribution in [0.15, 0.2) is 0 Å². The molecule has 14 heavy (non-hydrogen) atoms. The fourth-order valence-corrected chi connectivity index (χ4v) is 2.30. The molecule has 0 atom stereocenters. The summed E-state index contributed by atoms with van der Waals surface area (Å²) in [6.07, 6.45) is 6.80. The Hall–Kier alpha value is -0.370. The number of hydrogen-bond acceptors (Lipinski definition) is 2. The molecule has 2 aliphatic rings. The van der Waals surface area contributed by atoms with E-state index >= 15 is 0 Å². The molecule has 80 valence electrons. The molecule has 2 nitrogen and oxygen atoms in total. The molecule has 2 fully saturated rings. The van der Waals surface area contributed by atoms with E-state index in [9.17, 15) is 4.79 Å². The van der Waals surface area contributed by atoms with Crippen LogP contribution in [0.4, 0.5) is 0 Å². The van der Waals surface area contributed by atoms with Gasteiger partial charge in [-0.25, -0.2) is 0 Å². The van der Waals surface area contributed by atoms with Crippen LogP contribution in [0.2, 0.25) is 0 Å². The molecule has 1 aliphatic carbocycles. The Morgan fingerprint density at radius 1 is 1.36 bits per heavy atom. The van der Waals surface area contributed by atoms with Crippen LogP contribution < -0.4 is 5.32 Å². The number of rotatable bonds is 4. The summed E-state index contributed by atoms with van der Waals surface area (Å²) in [5, 5.41) is 3.32. The van der Waals surface area contributed by atoms with Gasteiger partial charge in [-0.3, -0.25) is 4.79 Å². The fourth-order valence-electron chi connectivity index (χ4n) is 2.30. The van der Waals surface area contributed by atoms with Crippen LogP contribution in [-0.4, -0.2) is 18.9 Å². The number of nitrogens with one attached hydrogen (secondary N) is 1. The number of Topliss-reactive ketones (excluding diaryl/α,β-unsaturated/α-hetero) is 1. The highest BCUT2D eigenvalue weighted by molar-refractivity contribution is 5.84. The second kappa shape index (κ2) is 4.01. The summed E-state index contributed by atoms with van der Waals surface area (Å²) >= 11 is 0. The second-order valence-electron chi connectivity index (χ2n) is 5.22. The van der Waals surface area contributed by atoms with Gasteiger partial charge < -0.3 is 5.32 Å². The largest absolute Gasteiger partial charge is 0.317 e. The molecule has 1 N–H and O–H groups in total. The number of carbonyl (C=O) groups is 1. The van der Waals surface area contributed by atoms with Crippen molar-refractivity contribution in [3.05, 3.63) is 0 Å². The summed E-state index contributed by atoms with van der Waals surface area (Å²) in [5.41, 5.74) is 0.000139. The van der Waals surface area contributed by atoms with Gasteiger partial charge in [0.05, 0.1) is 0 Å². The van der Waals surface area contributed by atoms with Crippen molar-refractivity contribution in [2.24, 2.45) is 11.3 Å². The third kappa shape index (κ3) is 2.35. The van der Waals surface area contributed by atoms with Crippen molar-refractivity contribution in [2.75, 3.05) is 13.1 Å². The molecule has 1 saturated heterocycles. The number of piperidine rings is 1. The minimum atomic E-state index is 0.000139. The van der Waals surface area contributed by atoms with E-state index in [-0.39, 0.29) is 5.41 Å². The molecule has 0 radical (unpaired) electrons. The van der Waals surface area contributed by atoms with Crippen LogP contribution in [0.25, 0.3) is 0 Å². The smallest absolute Gasteiger partial charge is 0.138 e. The molecule has 1 saturated carbocycles. The van der Waals surface area contributed by atoms with Gasteiger partial charge in [0, 0.05) is 11.8 Å². The van der Waals surface area contributed by atoms with E-state index in [4.69, 9.17) is 0 Å². The predicted molar refractivity (Wildman–Crippen MR) is 57.2 cm³/mol. The minimum Gasteiger partial charge on any atom is -0.317 e.